The second kappa shape index (κ2) is 10.1. The first-order valence-corrected chi connectivity index (χ1v) is 11.8. The maximum absolute atomic E-state index is 12.6. The summed E-state index contributed by atoms with van der Waals surface area (Å²) in [4.78, 5) is 12.0. The van der Waals surface area contributed by atoms with Gasteiger partial charge in [0.1, 0.15) is 23.7 Å². The summed E-state index contributed by atoms with van der Waals surface area (Å²) in [5.41, 5.74) is 1.28. The number of rotatable bonds is 7. The van der Waals surface area contributed by atoms with E-state index in [2.05, 4.69) is 0 Å². The number of ether oxygens (including phenoxy) is 2. The number of esters is 1. The van der Waals surface area contributed by atoms with Crippen LogP contribution in [-0.2, 0) is 17.0 Å². The molecule has 0 bridgehead atoms. The van der Waals surface area contributed by atoms with Crippen LogP contribution in [0.4, 0.5) is 0 Å². The van der Waals surface area contributed by atoms with E-state index in [1.54, 1.807) is 6.07 Å². The normalized spacial score (nSPS) is 12.6. The predicted octanol–water partition coefficient (Wildman–Crippen LogP) is 6.63. The zero-order valence-electron chi connectivity index (χ0n) is 19.9. The Labute approximate surface area is 210 Å². The lowest BCUT2D eigenvalue weighted by atomic mass is 9.78. The third-order valence-electron chi connectivity index (χ3n) is 6.22. The van der Waals surface area contributed by atoms with Gasteiger partial charge in [0.2, 0.25) is 0 Å². The SMILES string of the molecule is CC(=O)Oc1ccc2ccccc2c1C(O)(c1ccccc1)c1ccc(OCc2ccccc2)cc1. The van der Waals surface area contributed by atoms with E-state index < -0.39 is 11.6 Å². The fourth-order valence-electron chi connectivity index (χ4n) is 4.53. The minimum atomic E-state index is -1.59. The van der Waals surface area contributed by atoms with Gasteiger partial charge in [0.05, 0.1) is 0 Å². The molecule has 0 amide bonds. The summed E-state index contributed by atoms with van der Waals surface area (Å²) in [5, 5.41) is 14.3. The third-order valence-corrected chi connectivity index (χ3v) is 6.22. The van der Waals surface area contributed by atoms with Gasteiger partial charge >= 0.3 is 5.97 Å². The third kappa shape index (κ3) is 4.59. The summed E-state index contributed by atoms with van der Waals surface area (Å²) in [5.74, 6) is 0.555. The second-order valence-electron chi connectivity index (χ2n) is 8.63. The van der Waals surface area contributed by atoms with Gasteiger partial charge in [0.25, 0.3) is 0 Å². The molecule has 4 nitrogen and oxygen atoms in total. The molecule has 0 spiro atoms. The Bertz CT molecular complexity index is 1480. The molecule has 5 rings (SSSR count). The Morgan fingerprint density at radius 1 is 0.722 bits per heavy atom. The molecule has 0 radical (unpaired) electrons. The first-order valence-electron chi connectivity index (χ1n) is 11.8. The Balaban J connectivity index is 1.64. The molecule has 1 atom stereocenters. The van der Waals surface area contributed by atoms with Gasteiger partial charge in [-0.1, -0.05) is 103 Å². The minimum Gasteiger partial charge on any atom is -0.489 e. The molecule has 0 fully saturated rings. The zero-order chi connectivity index (χ0) is 25.0. The maximum Gasteiger partial charge on any atom is 0.308 e. The highest BCUT2D eigenvalue weighted by atomic mass is 16.5. The number of carbonyl (C=O) groups is 1. The van der Waals surface area contributed by atoms with Crippen molar-refractivity contribution in [2.24, 2.45) is 0 Å². The smallest absolute Gasteiger partial charge is 0.308 e. The van der Waals surface area contributed by atoms with Crippen LogP contribution in [0.2, 0.25) is 0 Å². The largest absolute Gasteiger partial charge is 0.489 e. The van der Waals surface area contributed by atoms with Crippen molar-refractivity contribution in [2.45, 2.75) is 19.1 Å². The lowest BCUT2D eigenvalue weighted by molar-refractivity contribution is -0.132. The van der Waals surface area contributed by atoms with Crippen molar-refractivity contribution in [1.82, 2.24) is 0 Å². The number of benzene rings is 5. The zero-order valence-corrected chi connectivity index (χ0v) is 19.9. The van der Waals surface area contributed by atoms with Crippen molar-refractivity contribution < 1.29 is 19.4 Å². The molecule has 36 heavy (non-hydrogen) atoms. The highest BCUT2D eigenvalue weighted by Gasteiger charge is 2.38. The van der Waals surface area contributed by atoms with E-state index in [-0.39, 0.29) is 0 Å². The molecule has 0 aliphatic rings. The van der Waals surface area contributed by atoms with Crippen LogP contribution in [0.5, 0.6) is 11.5 Å². The van der Waals surface area contributed by atoms with E-state index in [1.165, 1.54) is 6.92 Å². The highest BCUT2D eigenvalue weighted by molar-refractivity contribution is 5.90. The van der Waals surface area contributed by atoms with Crippen LogP contribution in [0.25, 0.3) is 10.8 Å². The minimum absolute atomic E-state index is 0.317. The number of hydrogen-bond donors (Lipinski definition) is 1. The van der Waals surface area contributed by atoms with Crippen LogP contribution in [0.1, 0.15) is 29.2 Å². The van der Waals surface area contributed by atoms with E-state index >= 15 is 0 Å². The Morgan fingerprint density at radius 2 is 1.33 bits per heavy atom. The van der Waals surface area contributed by atoms with Crippen molar-refractivity contribution in [3.05, 3.63) is 144 Å². The molecular weight excluding hydrogens is 448 g/mol. The maximum atomic E-state index is 12.6. The molecule has 0 aliphatic heterocycles. The van der Waals surface area contributed by atoms with Crippen molar-refractivity contribution in [1.29, 1.82) is 0 Å². The standard InChI is InChI=1S/C32H26O4/c1-23(33)36-30-21-16-25-12-8-9-15-29(25)31(30)32(34,26-13-6-3-7-14-26)27-17-19-28(20-18-27)35-22-24-10-4-2-5-11-24/h2-21,34H,22H2,1H3. The molecule has 5 aromatic rings. The summed E-state index contributed by atoms with van der Waals surface area (Å²) in [7, 11) is 0. The van der Waals surface area contributed by atoms with Gasteiger partial charge in [-0.15, -0.1) is 0 Å². The van der Waals surface area contributed by atoms with Gasteiger partial charge in [0, 0.05) is 12.5 Å². The lowest BCUT2D eigenvalue weighted by Gasteiger charge is -2.32. The molecule has 0 heterocycles. The van der Waals surface area contributed by atoms with E-state index in [0.717, 1.165) is 16.3 Å². The first-order chi connectivity index (χ1) is 17.6. The topological polar surface area (TPSA) is 55.8 Å². The molecular formula is C32H26O4. The fourth-order valence-corrected chi connectivity index (χ4v) is 4.53. The van der Waals surface area contributed by atoms with Crippen molar-refractivity contribution in [3.63, 3.8) is 0 Å². The molecule has 0 saturated heterocycles. The van der Waals surface area contributed by atoms with Gasteiger partial charge < -0.3 is 14.6 Å². The first kappa shape index (κ1) is 23.3. The van der Waals surface area contributed by atoms with Gasteiger partial charge in [-0.25, -0.2) is 0 Å². The Kier molecular flexibility index (Phi) is 6.52. The number of aliphatic hydroxyl groups is 1. The molecule has 0 aliphatic carbocycles. The highest BCUT2D eigenvalue weighted by Crippen LogP contribution is 2.45. The van der Waals surface area contributed by atoms with Crippen LogP contribution >= 0.6 is 0 Å². The number of hydrogen-bond acceptors (Lipinski definition) is 4. The van der Waals surface area contributed by atoms with E-state index in [1.807, 2.05) is 115 Å². The summed E-state index contributed by atoms with van der Waals surface area (Å²) in [6.45, 7) is 1.81. The Morgan fingerprint density at radius 3 is 2.03 bits per heavy atom. The lowest BCUT2D eigenvalue weighted by Crippen LogP contribution is -2.30. The van der Waals surface area contributed by atoms with E-state index in [4.69, 9.17) is 9.47 Å². The summed E-state index contributed by atoms with van der Waals surface area (Å²) in [6.07, 6.45) is 0. The van der Waals surface area contributed by atoms with E-state index in [0.29, 0.717) is 34.8 Å². The van der Waals surface area contributed by atoms with Crippen LogP contribution in [0, 0.1) is 0 Å². The Hall–Kier alpha value is -4.41. The predicted molar refractivity (Wildman–Crippen MR) is 141 cm³/mol. The molecule has 0 aromatic heterocycles. The van der Waals surface area contributed by atoms with Crippen molar-refractivity contribution in [2.75, 3.05) is 0 Å². The van der Waals surface area contributed by atoms with Crippen molar-refractivity contribution >= 4 is 16.7 Å². The van der Waals surface area contributed by atoms with Crippen LogP contribution in [0.15, 0.2) is 121 Å². The average molecular weight is 475 g/mol. The molecule has 178 valence electrons. The van der Waals surface area contributed by atoms with E-state index in [9.17, 15) is 9.90 Å². The van der Waals surface area contributed by atoms with Crippen LogP contribution in [-0.4, -0.2) is 11.1 Å². The fraction of sp³-hybridized carbons (Fsp3) is 0.0938. The number of carbonyl (C=O) groups excluding carboxylic acids is 1. The van der Waals surface area contributed by atoms with Gasteiger partial charge in [-0.2, -0.15) is 0 Å². The van der Waals surface area contributed by atoms with Crippen LogP contribution in [0.3, 0.4) is 0 Å². The van der Waals surface area contributed by atoms with Crippen molar-refractivity contribution in [3.8, 4) is 11.5 Å². The quantitative estimate of drug-likeness (QED) is 0.163. The molecule has 1 unspecified atom stereocenters. The second-order valence-corrected chi connectivity index (χ2v) is 8.63. The summed E-state index contributed by atoms with van der Waals surface area (Å²) in [6, 6.07) is 38.2. The monoisotopic (exact) mass is 474 g/mol. The summed E-state index contributed by atoms with van der Waals surface area (Å²) < 4.78 is 11.6. The number of fused-ring (bicyclic) bond motifs is 1. The van der Waals surface area contributed by atoms with Gasteiger partial charge in [0.15, 0.2) is 0 Å². The van der Waals surface area contributed by atoms with Gasteiger partial charge in [-0.05, 0) is 45.7 Å². The summed E-state index contributed by atoms with van der Waals surface area (Å²) >= 11 is 0. The average Bonchev–Trinajstić information content (AvgIpc) is 2.92. The molecule has 5 aromatic carbocycles. The molecule has 4 heteroatoms. The van der Waals surface area contributed by atoms with Crippen LogP contribution < -0.4 is 9.47 Å². The molecule has 1 N–H and O–H groups in total. The van der Waals surface area contributed by atoms with Gasteiger partial charge in [-0.3, -0.25) is 4.79 Å². The molecule has 0 saturated carbocycles.